The summed E-state index contributed by atoms with van der Waals surface area (Å²) in [6.07, 6.45) is 15.4. The summed E-state index contributed by atoms with van der Waals surface area (Å²) in [5, 5.41) is 0.875. The van der Waals surface area contributed by atoms with E-state index in [0.29, 0.717) is 31.3 Å². The smallest absolute Gasteiger partial charge is 0.297 e. The van der Waals surface area contributed by atoms with Gasteiger partial charge < -0.3 is 18.8 Å². The van der Waals surface area contributed by atoms with Gasteiger partial charge in [0.1, 0.15) is 12.4 Å². The molecule has 1 heterocycles. The van der Waals surface area contributed by atoms with Crippen molar-refractivity contribution in [3.63, 3.8) is 0 Å². The van der Waals surface area contributed by atoms with Gasteiger partial charge in [-0.25, -0.2) is 0 Å². The highest BCUT2D eigenvalue weighted by atomic mass is 16.5. The fourth-order valence-corrected chi connectivity index (χ4v) is 4.36. The lowest BCUT2D eigenvalue weighted by Gasteiger charge is -2.18. The molecule has 1 aromatic carbocycles. The summed E-state index contributed by atoms with van der Waals surface area (Å²) in [6, 6.07) is 5.91. The van der Waals surface area contributed by atoms with Gasteiger partial charge in [-0.2, -0.15) is 0 Å². The Morgan fingerprint density at radius 3 is 2.32 bits per heavy atom. The van der Waals surface area contributed by atoms with Crippen molar-refractivity contribution in [1.29, 1.82) is 0 Å². The number of benzene rings is 1. The van der Waals surface area contributed by atoms with Crippen molar-refractivity contribution in [2.75, 3.05) is 20.3 Å². The molecule has 5 nitrogen and oxygen atoms in total. The lowest BCUT2D eigenvalue weighted by atomic mass is 10.1. The first kappa shape index (κ1) is 30.5. The molecule has 206 valence electrons. The average Bonchev–Trinajstić information content (AvgIpc) is 2.87. The Hall–Kier alpha value is -2.69. The predicted molar refractivity (Wildman–Crippen MR) is 156 cm³/mol. The third-order valence-corrected chi connectivity index (χ3v) is 6.61. The Labute approximate surface area is 224 Å². The first-order valence-electron chi connectivity index (χ1n) is 14.2. The monoisotopic (exact) mass is 511 g/mol. The van der Waals surface area contributed by atoms with E-state index >= 15 is 0 Å². The highest BCUT2D eigenvalue weighted by Gasteiger charge is 2.19. The number of methoxy groups -OCH3 is 1. The molecule has 0 aliphatic carbocycles. The summed E-state index contributed by atoms with van der Waals surface area (Å²) in [6.45, 7) is 12.4. The zero-order valence-electron chi connectivity index (χ0n) is 24.2. The van der Waals surface area contributed by atoms with Crippen LogP contribution in [0.25, 0.3) is 10.9 Å². The van der Waals surface area contributed by atoms with Crippen molar-refractivity contribution in [3.8, 4) is 17.2 Å². The zero-order valence-corrected chi connectivity index (χ0v) is 24.2. The molecule has 0 amide bonds. The van der Waals surface area contributed by atoms with E-state index in [-0.39, 0.29) is 5.56 Å². The Balaban J connectivity index is 2.30. The normalized spacial score (nSPS) is 11.6. The standard InChI is InChI=1S/C32H49NO4/c1-7-9-11-12-13-14-21-33-29-24-27(36-23-20-26(5)17-15-16-25(3)4)18-19-28(29)30(35-6)31(32(33)34)37-22-10-8-2/h16,18-20,24H,7-15,17,21-23H2,1-6H3/b26-20+. The van der Waals surface area contributed by atoms with Gasteiger partial charge in [-0.05, 0) is 64.7 Å². The molecule has 0 saturated carbocycles. The maximum atomic E-state index is 13.6. The summed E-state index contributed by atoms with van der Waals surface area (Å²) >= 11 is 0. The van der Waals surface area contributed by atoms with Gasteiger partial charge in [0, 0.05) is 18.0 Å². The zero-order chi connectivity index (χ0) is 27.0. The Bertz CT molecular complexity index is 1080. The number of ether oxygens (including phenoxy) is 3. The first-order valence-corrected chi connectivity index (χ1v) is 14.2. The van der Waals surface area contributed by atoms with Crippen LogP contribution in [-0.4, -0.2) is 24.9 Å². The minimum absolute atomic E-state index is 0.124. The number of allylic oxidation sites excluding steroid dienone is 3. The van der Waals surface area contributed by atoms with Crippen molar-refractivity contribution in [3.05, 3.63) is 51.9 Å². The lowest BCUT2D eigenvalue weighted by Crippen LogP contribution is -2.24. The van der Waals surface area contributed by atoms with Crippen LogP contribution < -0.4 is 19.8 Å². The fourth-order valence-electron chi connectivity index (χ4n) is 4.36. The van der Waals surface area contributed by atoms with Gasteiger partial charge in [0.25, 0.3) is 5.56 Å². The minimum atomic E-state index is -0.124. The molecule has 0 aliphatic rings. The number of fused-ring (bicyclic) bond motifs is 1. The van der Waals surface area contributed by atoms with Gasteiger partial charge in [0.2, 0.25) is 5.75 Å². The molecular formula is C32H49NO4. The molecule has 0 spiro atoms. The summed E-state index contributed by atoms with van der Waals surface area (Å²) in [7, 11) is 1.60. The third-order valence-electron chi connectivity index (χ3n) is 6.61. The molecule has 2 rings (SSSR count). The van der Waals surface area contributed by atoms with E-state index in [4.69, 9.17) is 14.2 Å². The molecule has 0 atom stereocenters. The maximum Gasteiger partial charge on any atom is 0.297 e. The van der Waals surface area contributed by atoms with Gasteiger partial charge in [-0.1, -0.05) is 69.6 Å². The van der Waals surface area contributed by atoms with Crippen LogP contribution in [0.2, 0.25) is 0 Å². The summed E-state index contributed by atoms with van der Waals surface area (Å²) < 4.78 is 19.6. The van der Waals surface area contributed by atoms with Crippen molar-refractivity contribution < 1.29 is 14.2 Å². The van der Waals surface area contributed by atoms with E-state index < -0.39 is 0 Å². The minimum Gasteiger partial charge on any atom is -0.492 e. The lowest BCUT2D eigenvalue weighted by molar-refractivity contribution is 0.283. The van der Waals surface area contributed by atoms with Crippen LogP contribution in [0, 0.1) is 0 Å². The van der Waals surface area contributed by atoms with Crippen molar-refractivity contribution in [2.45, 2.75) is 105 Å². The molecular weight excluding hydrogens is 462 g/mol. The molecule has 0 unspecified atom stereocenters. The van der Waals surface area contributed by atoms with Crippen LogP contribution in [0.4, 0.5) is 0 Å². The molecule has 0 bridgehead atoms. The molecule has 37 heavy (non-hydrogen) atoms. The van der Waals surface area contributed by atoms with Crippen LogP contribution >= 0.6 is 0 Å². The van der Waals surface area contributed by atoms with Crippen molar-refractivity contribution in [2.24, 2.45) is 0 Å². The topological polar surface area (TPSA) is 49.7 Å². The van der Waals surface area contributed by atoms with E-state index in [9.17, 15) is 4.79 Å². The number of rotatable bonds is 18. The molecule has 0 fully saturated rings. The Morgan fingerprint density at radius 2 is 1.62 bits per heavy atom. The second-order valence-electron chi connectivity index (χ2n) is 10.1. The van der Waals surface area contributed by atoms with Gasteiger partial charge in [0.05, 0.1) is 19.2 Å². The number of hydrogen-bond acceptors (Lipinski definition) is 4. The average molecular weight is 512 g/mol. The van der Waals surface area contributed by atoms with Crippen LogP contribution in [0.5, 0.6) is 17.2 Å². The van der Waals surface area contributed by atoms with Crippen LogP contribution in [0.1, 0.15) is 98.8 Å². The molecule has 0 aliphatic heterocycles. The second kappa shape index (κ2) is 16.9. The molecule has 1 aromatic heterocycles. The molecule has 2 aromatic rings. The predicted octanol–water partition coefficient (Wildman–Crippen LogP) is 8.62. The second-order valence-corrected chi connectivity index (χ2v) is 10.1. The summed E-state index contributed by atoms with van der Waals surface area (Å²) in [5.74, 6) is 1.58. The number of unbranched alkanes of at least 4 members (excludes halogenated alkanes) is 6. The molecule has 0 radical (unpaired) electrons. The van der Waals surface area contributed by atoms with Gasteiger partial charge >= 0.3 is 0 Å². The van der Waals surface area contributed by atoms with E-state index in [1.165, 1.54) is 36.8 Å². The molecule has 0 N–H and O–H groups in total. The van der Waals surface area contributed by atoms with E-state index in [1.54, 1.807) is 7.11 Å². The molecule has 5 heteroatoms. The Kier molecular flexibility index (Phi) is 14.0. The molecule has 0 saturated heterocycles. The van der Waals surface area contributed by atoms with Crippen LogP contribution in [0.3, 0.4) is 0 Å². The van der Waals surface area contributed by atoms with Crippen LogP contribution in [-0.2, 0) is 6.54 Å². The third kappa shape index (κ3) is 9.94. The SMILES string of the molecule is CCCCCCCCn1c(=O)c(OCCCC)c(OC)c2ccc(OC/C=C(\C)CCC=C(C)C)cc21. The number of pyridine rings is 1. The maximum absolute atomic E-state index is 13.6. The van der Waals surface area contributed by atoms with Crippen molar-refractivity contribution >= 4 is 10.9 Å². The largest absolute Gasteiger partial charge is 0.492 e. The number of hydrogen-bond donors (Lipinski definition) is 0. The van der Waals surface area contributed by atoms with Crippen molar-refractivity contribution in [1.82, 2.24) is 4.57 Å². The van der Waals surface area contributed by atoms with E-state index in [2.05, 4.69) is 46.8 Å². The fraction of sp³-hybridized carbons (Fsp3) is 0.594. The van der Waals surface area contributed by atoms with Gasteiger partial charge in [-0.3, -0.25) is 4.79 Å². The number of nitrogens with zero attached hydrogens (tertiary/aromatic N) is 1. The Morgan fingerprint density at radius 1 is 0.892 bits per heavy atom. The highest BCUT2D eigenvalue weighted by Crippen LogP contribution is 2.34. The first-order chi connectivity index (χ1) is 17.9. The van der Waals surface area contributed by atoms with E-state index in [0.717, 1.165) is 55.2 Å². The van der Waals surface area contributed by atoms with Crippen LogP contribution in [0.15, 0.2) is 46.3 Å². The highest BCUT2D eigenvalue weighted by molar-refractivity contribution is 5.89. The quantitative estimate of drug-likeness (QED) is 0.148. The number of aryl methyl sites for hydroxylation is 1. The van der Waals surface area contributed by atoms with Gasteiger partial charge in [-0.15, -0.1) is 0 Å². The summed E-state index contributed by atoms with van der Waals surface area (Å²) in [5.41, 5.74) is 3.37. The van der Waals surface area contributed by atoms with Gasteiger partial charge in [0.15, 0.2) is 5.75 Å². The van der Waals surface area contributed by atoms with E-state index in [1.807, 2.05) is 22.8 Å². The number of aromatic nitrogens is 1. The summed E-state index contributed by atoms with van der Waals surface area (Å²) in [4.78, 5) is 13.6.